The number of nitrogens with zero attached hydrogens (tertiary/aromatic N) is 2. The molecule has 0 amide bonds. The standard InChI is InChI=1S/C12H12N2O2/c1-2-8-14(9-6-7-9)11-5-3-4-10(13-11)12(15)16/h1,3-5,9H,6-8H2,(H,15,16). The Morgan fingerprint density at radius 1 is 1.62 bits per heavy atom. The van der Waals surface area contributed by atoms with E-state index in [4.69, 9.17) is 11.5 Å². The number of carboxylic acids is 1. The van der Waals surface area contributed by atoms with Crippen molar-refractivity contribution in [1.82, 2.24) is 4.98 Å². The average molecular weight is 216 g/mol. The molecule has 1 fully saturated rings. The van der Waals surface area contributed by atoms with Crippen LogP contribution in [0.3, 0.4) is 0 Å². The summed E-state index contributed by atoms with van der Waals surface area (Å²) in [5, 5.41) is 8.85. The highest BCUT2D eigenvalue weighted by Crippen LogP contribution is 2.30. The van der Waals surface area contributed by atoms with Gasteiger partial charge < -0.3 is 10.0 Å². The van der Waals surface area contributed by atoms with Crippen LogP contribution in [-0.2, 0) is 0 Å². The maximum absolute atomic E-state index is 10.8. The summed E-state index contributed by atoms with van der Waals surface area (Å²) in [7, 11) is 0. The smallest absolute Gasteiger partial charge is 0.354 e. The summed E-state index contributed by atoms with van der Waals surface area (Å²) in [6.07, 6.45) is 7.49. The quantitative estimate of drug-likeness (QED) is 0.772. The third-order valence-corrected chi connectivity index (χ3v) is 2.50. The number of carbonyl (C=O) groups is 1. The van der Waals surface area contributed by atoms with Crippen molar-refractivity contribution in [3.05, 3.63) is 23.9 Å². The summed E-state index contributed by atoms with van der Waals surface area (Å²) in [5.74, 6) is 2.21. The van der Waals surface area contributed by atoms with Gasteiger partial charge in [0.25, 0.3) is 0 Å². The topological polar surface area (TPSA) is 53.4 Å². The van der Waals surface area contributed by atoms with Gasteiger partial charge in [-0.2, -0.15) is 0 Å². The van der Waals surface area contributed by atoms with Crippen molar-refractivity contribution in [3.63, 3.8) is 0 Å². The number of carboxylic acid groups (broad SMARTS) is 1. The van der Waals surface area contributed by atoms with E-state index in [9.17, 15) is 4.79 Å². The number of aromatic nitrogens is 1. The molecule has 0 unspecified atom stereocenters. The number of anilines is 1. The van der Waals surface area contributed by atoms with Crippen LogP contribution in [0, 0.1) is 12.3 Å². The van der Waals surface area contributed by atoms with E-state index in [2.05, 4.69) is 10.9 Å². The molecule has 4 nitrogen and oxygen atoms in total. The highest BCUT2D eigenvalue weighted by molar-refractivity contribution is 5.85. The summed E-state index contributed by atoms with van der Waals surface area (Å²) >= 11 is 0. The van der Waals surface area contributed by atoms with Crippen LogP contribution >= 0.6 is 0 Å². The van der Waals surface area contributed by atoms with Crippen LogP contribution in [0.2, 0.25) is 0 Å². The molecule has 0 aromatic carbocycles. The predicted octanol–water partition coefficient (Wildman–Crippen LogP) is 1.38. The number of hydrogen-bond acceptors (Lipinski definition) is 3. The molecule has 0 aliphatic heterocycles. The normalized spacial score (nSPS) is 14.2. The van der Waals surface area contributed by atoms with E-state index >= 15 is 0 Å². The molecule has 2 rings (SSSR count). The van der Waals surface area contributed by atoms with Crippen molar-refractivity contribution in [2.75, 3.05) is 11.4 Å². The highest BCUT2D eigenvalue weighted by Gasteiger charge is 2.29. The van der Waals surface area contributed by atoms with Crippen molar-refractivity contribution < 1.29 is 9.90 Å². The molecule has 1 N–H and O–H groups in total. The number of hydrogen-bond donors (Lipinski definition) is 1. The summed E-state index contributed by atoms with van der Waals surface area (Å²) in [6, 6.07) is 5.39. The van der Waals surface area contributed by atoms with Gasteiger partial charge in [0.2, 0.25) is 0 Å². The van der Waals surface area contributed by atoms with Gasteiger partial charge in [-0.15, -0.1) is 6.42 Å². The van der Waals surface area contributed by atoms with Crippen molar-refractivity contribution >= 4 is 11.8 Å². The molecule has 0 radical (unpaired) electrons. The largest absolute Gasteiger partial charge is 0.477 e. The lowest BCUT2D eigenvalue weighted by Gasteiger charge is -2.20. The monoisotopic (exact) mass is 216 g/mol. The Kier molecular flexibility index (Phi) is 2.78. The van der Waals surface area contributed by atoms with Gasteiger partial charge in [-0.3, -0.25) is 0 Å². The van der Waals surface area contributed by atoms with Gasteiger partial charge >= 0.3 is 5.97 Å². The number of terminal acetylenes is 1. The van der Waals surface area contributed by atoms with Gasteiger partial charge in [0.05, 0.1) is 6.54 Å². The Hall–Kier alpha value is -2.02. The number of pyridine rings is 1. The first-order valence-corrected chi connectivity index (χ1v) is 5.13. The van der Waals surface area contributed by atoms with E-state index in [-0.39, 0.29) is 5.69 Å². The molecule has 1 aromatic heterocycles. The van der Waals surface area contributed by atoms with Gasteiger partial charge in [-0.05, 0) is 25.0 Å². The second-order valence-electron chi connectivity index (χ2n) is 3.75. The van der Waals surface area contributed by atoms with Crippen LogP contribution in [0.1, 0.15) is 23.3 Å². The minimum absolute atomic E-state index is 0.0557. The first kappa shape index (κ1) is 10.5. The van der Waals surface area contributed by atoms with Crippen LogP contribution in [-0.4, -0.2) is 28.6 Å². The zero-order valence-electron chi connectivity index (χ0n) is 8.76. The highest BCUT2D eigenvalue weighted by atomic mass is 16.4. The Morgan fingerprint density at radius 3 is 2.94 bits per heavy atom. The van der Waals surface area contributed by atoms with E-state index in [0.717, 1.165) is 12.8 Å². The van der Waals surface area contributed by atoms with Crippen molar-refractivity contribution in [3.8, 4) is 12.3 Å². The second kappa shape index (κ2) is 4.23. The molecule has 1 aliphatic rings. The minimum Gasteiger partial charge on any atom is -0.477 e. The molecule has 0 saturated heterocycles. The van der Waals surface area contributed by atoms with Crippen LogP contribution in [0.4, 0.5) is 5.82 Å². The Morgan fingerprint density at radius 2 is 2.38 bits per heavy atom. The molecule has 1 saturated carbocycles. The lowest BCUT2D eigenvalue weighted by Crippen LogP contribution is -2.27. The first-order chi connectivity index (χ1) is 7.72. The maximum atomic E-state index is 10.8. The predicted molar refractivity (Wildman–Crippen MR) is 60.4 cm³/mol. The fourth-order valence-corrected chi connectivity index (χ4v) is 1.58. The molecule has 0 bridgehead atoms. The first-order valence-electron chi connectivity index (χ1n) is 5.13. The average Bonchev–Trinajstić information content (AvgIpc) is 3.10. The number of rotatable bonds is 4. The summed E-state index contributed by atoms with van der Waals surface area (Å²) in [6.45, 7) is 0.473. The molecule has 1 aliphatic carbocycles. The fraction of sp³-hybridized carbons (Fsp3) is 0.333. The summed E-state index contributed by atoms with van der Waals surface area (Å²) in [4.78, 5) is 16.9. The van der Waals surface area contributed by atoms with Gasteiger partial charge in [0, 0.05) is 6.04 Å². The summed E-state index contributed by atoms with van der Waals surface area (Å²) < 4.78 is 0. The zero-order chi connectivity index (χ0) is 11.5. The van der Waals surface area contributed by atoms with Crippen LogP contribution in [0.5, 0.6) is 0 Å². The summed E-state index contributed by atoms with van der Waals surface area (Å²) in [5.41, 5.74) is 0.0557. The van der Waals surface area contributed by atoms with Gasteiger partial charge in [-0.25, -0.2) is 9.78 Å². The molecular weight excluding hydrogens is 204 g/mol. The lowest BCUT2D eigenvalue weighted by molar-refractivity contribution is 0.0690. The van der Waals surface area contributed by atoms with Crippen LogP contribution in [0.25, 0.3) is 0 Å². The molecule has 1 heterocycles. The van der Waals surface area contributed by atoms with Gasteiger partial charge in [0.15, 0.2) is 5.69 Å². The minimum atomic E-state index is -1.02. The third-order valence-electron chi connectivity index (χ3n) is 2.50. The van der Waals surface area contributed by atoms with E-state index in [1.54, 1.807) is 12.1 Å². The van der Waals surface area contributed by atoms with Crippen molar-refractivity contribution in [2.45, 2.75) is 18.9 Å². The third kappa shape index (κ3) is 2.14. The Bertz CT molecular complexity index is 447. The van der Waals surface area contributed by atoms with Crippen LogP contribution < -0.4 is 4.90 Å². The maximum Gasteiger partial charge on any atom is 0.354 e. The fourth-order valence-electron chi connectivity index (χ4n) is 1.58. The van der Waals surface area contributed by atoms with E-state index in [1.165, 1.54) is 6.07 Å². The Labute approximate surface area is 93.9 Å². The molecule has 0 atom stereocenters. The van der Waals surface area contributed by atoms with Gasteiger partial charge in [0.1, 0.15) is 5.82 Å². The molecule has 82 valence electrons. The van der Waals surface area contributed by atoms with Crippen molar-refractivity contribution in [2.24, 2.45) is 0 Å². The van der Waals surface area contributed by atoms with Gasteiger partial charge in [-0.1, -0.05) is 12.0 Å². The van der Waals surface area contributed by atoms with E-state index in [1.807, 2.05) is 4.90 Å². The molecular formula is C12H12N2O2. The molecule has 0 spiro atoms. The lowest BCUT2D eigenvalue weighted by atomic mass is 10.3. The Balaban J connectivity index is 2.27. The zero-order valence-corrected chi connectivity index (χ0v) is 8.76. The number of aromatic carboxylic acids is 1. The second-order valence-corrected chi connectivity index (χ2v) is 3.75. The SMILES string of the molecule is C#CCN(c1cccc(C(=O)O)n1)C1CC1. The molecule has 4 heteroatoms. The molecule has 1 aromatic rings. The molecule has 16 heavy (non-hydrogen) atoms. The van der Waals surface area contributed by atoms with E-state index in [0.29, 0.717) is 18.4 Å². The van der Waals surface area contributed by atoms with Crippen molar-refractivity contribution in [1.29, 1.82) is 0 Å². The van der Waals surface area contributed by atoms with E-state index < -0.39 is 5.97 Å². The van der Waals surface area contributed by atoms with Crippen LogP contribution in [0.15, 0.2) is 18.2 Å².